The lowest BCUT2D eigenvalue weighted by molar-refractivity contribution is -0.119. The van der Waals surface area contributed by atoms with Crippen LogP contribution in [0.1, 0.15) is 27.9 Å². The molecule has 3 N–H and O–H groups in total. The van der Waals surface area contributed by atoms with Gasteiger partial charge in [0.05, 0.1) is 10.6 Å². The van der Waals surface area contributed by atoms with Gasteiger partial charge in [-0.25, -0.2) is 18.4 Å². The van der Waals surface area contributed by atoms with Crippen LogP contribution in [0.15, 0.2) is 41.3 Å². The van der Waals surface area contributed by atoms with Crippen LogP contribution in [0.2, 0.25) is 5.02 Å². The lowest BCUT2D eigenvalue weighted by atomic mass is 10.1. The van der Waals surface area contributed by atoms with Crippen LogP contribution < -0.4 is 10.5 Å². The average molecular weight is 409 g/mol. The Kier molecular flexibility index (Phi) is 5.50. The van der Waals surface area contributed by atoms with E-state index >= 15 is 0 Å². The number of sulfonamides is 1. The molecule has 0 radical (unpaired) electrons. The van der Waals surface area contributed by atoms with Gasteiger partial charge in [0.25, 0.3) is 5.91 Å². The fourth-order valence-electron chi connectivity index (χ4n) is 2.91. The van der Waals surface area contributed by atoms with E-state index in [0.717, 1.165) is 25.3 Å². The summed E-state index contributed by atoms with van der Waals surface area (Å²) in [5.74, 6) is -1.36. The van der Waals surface area contributed by atoms with E-state index in [2.05, 4.69) is 5.32 Å². The molecule has 3 rings (SSSR count). The zero-order valence-electron chi connectivity index (χ0n) is 14.2. The third kappa shape index (κ3) is 4.65. The summed E-state index contributed by atoms with van der Waals surface area (Å²) < 4.78 is 27.8. The normalized spacial score (nSPS) is 13.1. The smallest absolute Gasteiger partial charge is 0.338 e. The van der Waals surface area contributed by atoms with Gasteiger partial charge in [-0.2, -0.15) is 0 Å². The summed E-state index contributed by atoms with van der Waals surface area (Å²) >= 11 is 5.77. The molecule has 0 bridgehead atoms. The van der Waals surface area contributed by atoms with Crippen LogP contribution in [0.4, 0.5) is 5.69 Å². The van der Waals surface area contributed by atoms with E-state index in [1.54, 1.807) is 6.07 Å². The molecule has 9 heteroatoms. The van der Waals surface area contributed by atoms with Crippen molar-refractivity contribution in [2.45, 2.75) is 24.2 Å². The largest absolute Gasteiger partial charge is 0.452 e. The molecule has 2 aromatic rings. The molecular formula is C18H17ClN2O5S. The molecule has 0 aromatic heterocycles. The second-order valence-corrected chi connectivity index (χ2v) is 8.09. The van der Waals surface area contributed by atoms with Crippen LogP contribution >= 0.6 is 11.6 Å². The van der Waals surface area contributed by atoms with Gasteiger partial charge in [-0.3, -0.25) is 4.79 Å². The first-order valence-corrected chi connectivity index (χ1v) is 10.1. The van der Waals surface area contributed by atoms with E-state index in [-0.39, 0.29) is 15.5 Å². The predicted molar refractivity (Wildman–Crippen MR) is 100 cm³/mol. The highest BCUT2D eigenvalue weighted by molar-refractivity contribution is 7.89. The number of fused-ring (bicyclic) bond motifs is 1. The van der Waals surface area contributed by atoms with E-state index in [1.807, 2.05) is 12.1 Å². The minimum Gasteiger partial charge on any atom is -0.452 e. The molecule has 1 aliphatic carbocycles. The van der Waals surface area contributed by atoms with Crippen molar-refractivity contribution in [1.82, 2.24) is 0 Å². The van der Waals surface area contributed by atoms with Gasteiger partial charge in [-0.1, -0.05) is 17.7 Å². The third-order valence-corrected chi connectivity index (χ3v) is 5.58. The van der Waals surface area contributed by atoms with Gasteiger partial charge in [0.2, 0.25) is 10.0 Å². The second-order valence-electron chi connectivity index (χ2n) is 6.15. The SMILES string of the molecule is NS(=O)(=O)c1cc(C(=O)OCC(=O)Nc2ccc3c(c2)CCC3)ccc1Cl. The first kappa shape index (κ1) is 19.3. The Hall–Kier alpha value is -2.42. The topological polar surface area (TPSA) is 116 Å². The van der Waals surface area contributed by atoms with Crippen LogP contribution in [0.3, 0.4) is 0 Å². The number of carbonyl (C=O) groups excluding carboxylic acids is 2. The number of hydrogen-bond acceptors (Lipinski definition) is 5. The number of halogens is 1. The summed E-state index contributed by atoms with van der Waals surface area (Å²) in [6.07, 6.45) is 3.13. The highest BCUT2D eigenvalue weighted by Gasteiger charge is 2.18. The van der Waals surface area contributed by atoms with Crippen LogP contribution in [-0.4, -0.2) is 26.9 Å². The number of primary sulfonamides is 1. The quantitative estimate of drug-likeness (QED) is 0.736. The maximum Gasteiger partial charge on any atom is 0.338 e. The molecule has 1 amide bonds. The number of ether oxygens (including phenoxy) is 1. The number of nitrogens with two attached hydrogens (primary N) is 1. The summed E-state index contributed by atoms with van der Waals surface area (Å²) in [6, 6.07) is 9.23. The molecule has 2 aromatic carbocycles. The molecule has 0 heterocycles. The van der Waals surface area contributed by atoms with E-state index in [4.69, 9.17) is 21.5 Å². The van der Waals surface area contributed by atoms with Gasteiger partial charge in [-0.15, -0.1) is 0 Å². The fraction of sp³-hybridized carbons (Fsp3) is 0.222. The van der Waals surface area contributed by atoms with Gasteiger partial charge >= 0.3 is 5.97 Å². The Morgan fingerprint density at radius 3 is 2.59 bits per heavy atom. The van der Waals surface area contributed by atoms with E-state index in [0.29, 0.717) is 5.69 Å². The lowest BCUT2D eigenvalue weighted by Gasteiger charge is -2.09. The molecule has 0 spiro atoms. The number of amides is 1. The number of carbonyl (C=O) groups is 2. The zero-order valence-corrected chi connectivity index (χ0v) is 15.8. The van der Waals surface area contributed by atoms with Crippen molar-refractivity contribution in [3.05, 3.63) is 58.1 Å². The first-order chi connectivity index (χ1) is 12.7. The summed E-state index contributed by atoms with van der Waals surface area (Å²) in [4.78, 5) is 23.7. The number of aryl methyl sites for hydroxylation is 2. The highest BCUT2D eigenvalue weighted by atomic mass is 35.5. The van der Waals surface area contributed by atoms with Crippen LogP contribution in [0.5, 0.6) is 0 Å². The van der Waals surface area contributed by atoms with Crippen molar-refractivity contribution in [2.75, 3.05) is 11.9 Å². The van der Waals surface area contributed by atoms with Gasteiger partial charge in [0, 0.05) is 5.69 Å². The Morgan fingerprint density at radius 1 is 1.11 bits per heavy atom. The number of benzene rings is 2. The van der Waals surface area contributed by atoms with Gasteiger partial charge in [0.1, 0.15) is 4.90 Å². The Morgan fingerprint density at radius 2 is 1.85 bits per heavy atom. The van der Waals surface area contributed by atoms with E-state index in [1.165, 1.54) is 23.3 Å². The summed E-state index contributed by atoms with van der Waals surface area (Å²) in [7, 11) is -4.09. The molecule has 27 heavy (non-hydrogen) atoms. The molecule has 0 aliphatic heterocycles. The van der Waals surface area contributed by atoms with Crippen molar-refractivity contribution in [2.24, 2.45) is 5.14 Å². The minimum absolute atomic E-state index is 0.0752. The Bertz CT molecular complexity index is 1020. The van der Waals surface area contributed by atoms with Gasteiger partial charge in [-0.05, 0) is 60.7 Å². The Labute approximate surface area is 161 Å². The third-order valence-electron chi connectivity index (χ3n) is 4.19. The van der Waals surface area contributed by atoms with Crippen molar-refractivity contribution in [3.63, 3.8) is 0 Å². The number of hydrogen-bond donors (Lipinski definition) is 2. The molecule has 0 fully saturated rings. The fourth-order valence-corrected chi connectivity index (χ4v) is 3.98. The monoisotopic (exact) mass is 408 g/mol. The Balaban J connectivity index is 1.61. The van der Waals surface area contributed by atoms with E-state index < -0.39 is 28.5 Å². The predicted octanol–water partition coefficient (Wildman–Crippen LogP) is 2.27. The summed E-state index contributed by atoms with van der Waals surface area (Å²) in [5, 5.41) is 7.61. The zero-order chi connectivity index (χ0) is 19.6. The van der Waals surface area contributed by atoms with Crippen molar-refractivity contribution >= 4 is 39.2 Å². The molecule has 1 aliphatic rings. The molecule has 0 saturated carbocycles. The standard InChI is InChI=1S/C18H17ClN2O5S/c19-15-7-5-13(9-16(15)27(20,24)25)18(23)26-10-17(22)21-14-6-4-11-2-1-3-12(11)8-14/h4-9H,1-3,10H2,(H,21,22)(H2,20,24,25). The number of nitrogens with one attached hydrogen (secondary N) is 1. The second kappa shape index (κ2) is 7.67. The summed E-state index contributed by atoms with van der Waals surface area (Å²) in [6.45, 7) is -0.511. The number of rotatable bonds is 5. The van der Waals surface area contributed by atoms with E-state index in [9.17, 15) is 18.0 Å². The van der Waals surface area contributed by atoms with Crippen LogP contribution in [0, 0.1) is 0 Å². The van der Waals surface area contributed by atoms with Crippen molar-refractivity contribution in [3.8, 4) is 0 Å². The molecule has 7 nitrogen and oxygen atoms in total. The number of esters is 1. The average Bonchev–Trinajstić information content (AvgIpc) is 3.06. The van der Waals surface area contributed by atoms with Crippen LogP contribution in [0.25, 0.3) is 0 Å². The maximum atomic E-state index is 12.1. The van der Waals surface area contributed by atoms with Crippen molar-refractivity contribution in [1.29, 1.82) is 0 Å². The molecule has 0 atom stereocenters. The summed E-state index contributed by atoms with van der Waals surface area (Å²) in [5.41, 5.74) is 3.06. The van der Waals surface area contributed by atoms with Gasteiger partial charge in [0.15, 0.2) is 6.61 Å². The molecular weight excluding hydrogens is 392 g/mol. The highest BCUT2D eigenvalue weighted by Crippen LogP contribution is 2.25. The molecule has 0 unspecified atom stereocenters. The number of anilines is 1. The molecule has 0 saturated heterocycles. The first-order valence-electron chi connectivity index (χ1n) is 8.15. The maximum absolute atomic E-state index is 12.1. The minimum atomic E-state index is -4.09. The lowest BCUT2D eigenvalue weighted by Crippen LogP contribution is -2.21. The van der Waals surface area contributed by atoms with Crippen LogP contribution in [-0.2, 0) is 32.4 Å². The van der Waals surface area contributed by atoms with Crippen molar-refractivity contribution < 1.29 is 22.7 Å². The van der Waals surface area contributed by atoms with Gasteiger partial charge < -0.3 is 10.1 Å². The molecule has 142 valence electrons.